The van der Waals surface area contributed by atoms with Crippen LogP contribution in [0.2, 0.25) is 0 Å². The van der Waals surface area contributed by atoms with E-state index in [4.69, 9.17) is 0 Å². The number of amides is 2. The highest BCUT2D eigenvalue weighted by Crippen LogP contribution is 2.11. The van der Waals surface area contributed by atoms with Crippen LogP contribution >= 0.6 is 0 Å². The fourth-order valence-electron chi connectivity index (χ4n) is 1.35. The molecule has 1 unspecified atom stereocenters. The highest BCUT2D eigenvalue weighted by atomic mass is 16.3. The summed E-state index contributed by atoms with van der Waals surface area (Å²) in [5, 5.41) is 14.7. The van der Waals surface area contributed by atoms with E-state index in [1.54, 1.807) is 20.8 Å². The lowest BCUT2D eigenvalue weighted by Gasteiger charge is -2.18. The molecule has 5 heteroatoms. The molecule has 0 heterocycles. The molecule has 0 saturated carbocycles. The van der Waals surface area contributed by atoms with E-state index in [0.717, 1.165) is 0 Å². The third-order valence-electron chi connectivity index (χ3n) is 2.37. The lowest BCUT2D eigenvalue weighted by molar-refractivity contribution is -0.131. The Morgan fingerprint density at radius 3 is 2.17 bits per heavy atom. The zero-order valence-corrected chi connectivity index (χ0v) is 12.0. The van der Waals surface area contributed by atoms with Gasteiger partial charge in [-0.15, -0.1) is 0 Å². The topological polar surface area (TPSA) is 78.4 Å². The number of hydrogen-bond donors (Lipinski definition) is 3. The molecule has 0 spiro atoms. The van der Waals surface area contributed by atoms with Crippen LogP contribution in [0.5, 0.6) is 0 Å². The van der Waals surface area contributed by atoms with Gasteiger partial charge in [0.05, 0.1) is 12.6 Å². The van der Waals surface area contributed by atoms with Crippen molar-refractivity contribution in [2.75, 3.05) is 13.1 Å². The van der Waals surface area contributed by atoms with Gasteiger partial charge in [0.2, 0.25) is 11.8 Å². The maximum atomic E-state index is 11.5. The van der Waals surface area contributed by atoms with Gasteiger partial charge in [-0.3, -0.25) is 9.59 Å². The van der Waals surface area contributed by atoms with Gasteiger partial charge in [-0.1, -0.05) is 34.6 Å². The summed E-state index contributed by atoms with van der Waals surface area (Å²) in [5.74, 6) is -0.0618. The molecule has 0 fully saturated rings. The van der Waals surface area contributed by atoms with Crippen molar-refractivity contribution in [2.45, 2.75) is 47.1 Å². The van der Waals surface area contributed by atoms with E-state index in [0.29, 0.717) is 12.3 Å². The summed E-state index contributed by atoms with van der Waals surface area (Å²) >= 11 is 0. The maximum absolute atomic E-state index is 11.5. The summed E-state index contributed by atoms with van der Waals surface area (Å²) in [7, 11) is 0. The average molecular weight is 258 g/mol. The predicted octanol–water partition coefficient (Wildman–Crippen LogP) is 0.672. The van der Waals surface area contributed by atoms with Crippen LogP contribution < -0.4 is 10.6 Å². The molecule has 0 bridgehead atoms. The number of carbonyl (C=O) groups excluding carboxylic acids is 2. The van der Waals surface area contributed by atoms with Gasteiger partial charge in [-0.2, -0.15) is 0 Å². The van der Waals surface area contributed by atoms with Crippen molar-refractivity contribution in [1.29, 1.82) is 0 Å². The van der Waals surface area contributed by atoms with Gasteiger partial charge in [-0.05, 0) is 12.3 Å². The summed E-state index contributed by atoms with van der Waals surface area (Å²) in [6.07, 6.45) is 0.113. The molecule has 3 N–H and O–H groups in total. The number of carbonyl (C=O) groups is 2. The van der Waals surface area contributed by atoms with Gasteiger partial charge in [-0.25, -0.2) is 0 Å². The van der Waals surface area contributed by atoms with Crippen LogP contribution in [0, 0.1) is 11.3 Å². The highest BCUT2D eigenvalue weighted by molar-refractivity contribution is 5.87. The molecule has 106 valence electrons. The Morgan fingerprint density at radius 1 is 1.17 bits per heavy atom. The zero-order valence-electron chi connectivity index (χ0n) is 12.0. The molecule has 1 atom stereocenters. The van der Waals surface area contributed by atoms with Crippen LogP contribution in [-0.2, 0) is 9.59 Å². The second-order valence-electron chi connectivity index (χ2n) is 6.02. The monoisotopic (exact) mass is 258 g/mol. The SMILES string of the molecule is CC(C)CC(O)CNC(=O)CNC(=O)C(C)(C)C. The van der Waals surface area contributed by atoms with Crippen molar-refractivity contribution >= 4 is 11.8 Å². The maximum Gasteiger partial charge on any atom is 0.239 e. The smallest absolute Gasteiger partial charge is 0.239 e. The van der Waals surface area contributed by atoms with Crippen molar-refractivity contribution < 1.29 is 14.7 Å². The minimum absolute atomic E-state index is 0.0511. The molecule has 18 heavy (non-hydrogen) atoms. The van der Waals surface area contributed by atoms with Gasteiger partial charge in [0.25, 0.3) is 0 Å². The summed E-state index contributed by atoms with van der Waals surface area (Å²) in [6.45, 7) is 9.54. The van der Waals surface area contributed by atoms with Crippen molar-refractivity contribution in [3.63, 3.8) is 0 Å². The Labute approximate surface area is 109 Å². The van der Waals surface area contributed by atoms with Gasteiger partial charge >= 0.3 is 0 Å². The molecular weight excluding hydrogens is 232 g/mol. The average Bonchev–Trinajstić information content (AvgIpc) is 2.20. The molecule has 0 aliphatic rings. The van der Waals surface area contributed by atoms with Crippen molar-refractivity contribution in [3.05, 3.63) is 0 Å². The van der Waals surface area contributed by atoms with E-state index in [1.807, 2.05) is 13.8 Å². The molecule has 2 amide bonds. The number of hydrogen-bond acceptors (Lipinski definition) is 3. The standard InChI is InChI=1S/C13H26N2O3/c1-9(2)6-10(16)7-14-11(17)8-15-12(18)13(3,4)5/h9-10,16H,6-8H2,1-5H3,(H,14,17)(H,15,18). The van der Waals surface area contributed by atoms with Crippen LogP contribution in [0.15, 0.2) is 0 Å². The second kappa shape index (κ2) is 7.36. The van der Waals surface area contributed by atoms with Gasteiger partial charge < -0.3 is 15.7 Å². The molecule has 0 aromatic carbocycles. The molecule has 0 saturated heterocycles. The molecule has 0 radical (unpaired) electrons. The third-order valence-corrected chi connectivity index (χ3v) is 2.37. The van der Waals surface area contributed by atoms with Crippen LogP contribution in [0.4, 0.5) is 0 Å². The van der Waals surface area contributed by atoms with E-state index in [2.05, 4.69) is 10.6 Å². The van der Waals surface area contributed by atoms with E-state index in [9.17, 15) is 14.7 Å². The highest BCUT2D eigenvalue weighted by Gasteiger charge is 2.21. The fourth-order valence-corrected chi connectivity index (χ4v) is 1.35. The Kier molecular flexibility index (Phi) is 6.91. The molecule has 0 aromatic rings. The van der Waals surface area contributed by atoms with Gasteiger partial charge in [0.15, 0.2) is 0 Å². The van der Waals surface area contributed by atoms with E-state index in [-0.39, 0.29) is 24.9 Å². The van der Waals surface area contributed by atoms with Crippen molar-refractivity contribution in [3.8, 4) is 0 Å². The first-order valence-corrected chi connectivity index (χ1v) is 6.36. The first-order valence-electron chi connectivity index (χ1n) is 6.36. The molecule has 0 rings (SSSR count). The lowest BCUT2D eigenvalue weighted by Crippen LogP contribution is -2.43. The van der Waals surface area contributed by atoms with E-state index < -0.39 is 11.5 Å². The molecule has 0 aromatic heterocycles. The quantitative estimate of drug-likeness (QED) is 0.655. The van der Waals surface area contributed by atoms with Crippen LogP contribution in [0.1, 0.15) is 41.0 Å². The first kappa shape index (κ1) is 16.9. The molecular formula is C13H26N2O3. The molecule has 0 aliphatic carbocycles. The van der Waals surface area contributed by atoms with Crippen molar-refractivity contribution in [1.82, 2.24) is 10.6 Å². The Bertz CT molecular complexity index is 282. The van der Waals surface area contributed by atoms with E-state index in [1.165, 1.54) is 0 Å². The molecule has 0 aliphatic heterocycles. The molecule has 5 nitrogen and oxygen atoms in total. The van der Waals surface area contributed by atoms with E-state index >= 15 is 0 Å². The van der Waals surface area contributed by atoms with Crippen LogP contribution in [-0.4, -0.2) is 36.1 Å². The minimum Gasteiger partial charge on any atom is -0.391 e. The lowest BCUT2D eigenvalue weighted by atomic mass is 9.96. The number of rotatable bonds is 6. The summed E-state index contributed by atoms with van der Waals surface area (Å²) in [6, 6.07) is 0. The Balaban J connectivity index is 3.83. The summed E-state index contributed by atoms with van der Waals surface area (Å²) in [4.78, 5) is 22.9. The van der Waals surface area contributed by atoms with Crippen molar-refractivity contribution in [2.24, 2.45) is 11.3 Å². The fraction of sp³-hybridized carbons (Fsp3) is 0.846. The van der Waals surface area contributed by atoms with Gasteiger partial charge in [0.1, 0.15) is 0 Å². The van der Waals surface area contributed by atoms with Gasteiger partial charge in [0, 0.05) is 12.0 Å². The number of nitrogens with one attached hydrogen (secondary N) is 2. The number of aliphatic hydroxyl groups is 1. The summed E-state index contributed by atoms with van der Waals surface area (Å²) < 4.78 is 0. The first-order chi connectivity index (χ1) is 8.12. The third kappa shape index (κ3) is 8.06. The summed E-state index contributed by atoms with van der Waals surface area (Å²) in [5.41, 5.74) is -0.503. The Morgan fingerprint density at radius 2 is 1.72 bits per heavy atom. The van der Waals surface area contributed by atoms with Crippen LogP contribution in [0.3, 0.4) is 0 Å². The zero-order chi connectivity index (χ0) is 14.3. The van der Waals surface area contributed by atoms with Crippen LogP contribution in [0.25, 0.3) is 0 Å². The predicted molar refractivity (Wildman–Crippen MR) is 70.9 cm³/mol. The second-order valence-corrected chi connectivity index (χ2v) is 6.02. The normalized spacial score (nSPS) is 13.3. The minimum atomic E-state index is -0.535. The number of aliphatic hydroxyl groups excluding tert-OH is 1. The largest absolute Gasteiger partial charge is 0.391 e. The Hall–Kier alpha value is -1.10.